The van der Waals surface area contributed by atoms with Crippen LogP contribution in [0.4, 0.5) is 0 Å². The van der Waals surface area contributed by atoms with Crippen molar-refractivity contribution >= 4 is 5.52 Å². The summed E-state index contributed by atoms with van der Waals surface area (Å²) in [5.41, 5.74) is 2.08. The van der Waals surface area contributed by atoms with Gasteiger partial charge in [-0.25, -0.2) is 4.98 Å². The number of rotatable bonds is 6. The van der Waals surface area contributed by atoms with E-state index < -0.39 is 0 Å². The molecular formula is C22H25N5O3. The second kappa shape index (κ2) is 7.70. The SMILES string of the molecule is CCn1cc(OC)c(-c2ccc(Oc3cn4c(C(C)C)ncc4c(=O)n3C)cc2)n1. The van der Waals surface area contributed by atoms with E-state index in [1.54, 1.807) is 31.0 Å². The largest absolute Gasteiger partial charge is 0.493 e. The molecule has 0 aliphatic rings. The number of hydrogen-bond donors (Lipinski definition) is 0. The van der Waals surface area contributed by atoms with Gasteiger partial charge in [0.05, 0.1) is 25.7 Å². The first-order chi connectivity index (χ1) is 14.4. The van der Waals surface area contributed by atoms with Gasteiger partial charge >= 0.3 is 0 Å². The molecule has 0 saturated heterocycles. The number of methoxy groups -OCH3 is 1. The smallest absolute Gasteiger partial charge is 0.279 e. The Kier molecular flexibility index (Phi) is 5.07. The van der Waals surface area contributed by atoms with Crippen molar-refractivity contribution in [1.29, 1.82) is 0 Å². The molecule has 0 saturated carbocycles. The van der Waals surface area contributed by atoms with Crippen molar-refractivity contribution in [1.82, 2.24) is 23.7 Å². The number of benzene rings is 1. The van der Waals surface area contributed by atoms with E-state index in [0.29, 0.717) is 17.1 Å². The summed E-state index contributed by atoms with van der Waals surface area (Å²) in [6.07, 6.45) is 5.29. The Morgan fingerprint density at radius 2 is 1.87 bits per heavy atom. The van der Waals surface area contributed by atoms with Gasteiger partial charge in [0.25, 0.3) is 5.56 Å². The third-order valence-electron chi connectivity index (χ3n) is 5.06. The van der Waals surface area contributed by atoms with Crippen LogP contribution >= 0.6 is 0 Å². The van der Waals surface area contributed by atoms with Gasteiger partial charge < -0.3 is 9.47 Å². The molecule has 0 atom stereocenters. The van der Waals surface area contributed by atoms with Gasteiger partial charge in [0.1, 0.15) is 22.8 Å². The first-order valence-electron chi connectivity index (χ1n) is 9.89. The molecule has 1 aromatic carbocycles. The number of hydrogen-bond acceptors (Lipinski definition) is 5. The van der Waals surface area contributed by atoms with Crippen LogP contribution in [-0.2, 0) is 13.6 Å². The van der Waals surface area contributed by atoms with Crippen LogP contribution in [0, 0.1) is 0 Å². The van der Waals surface area contributed by atoms with E-state index in [-0.39, 0.29) is 11.5 Å². The van der Waals surface area contributed by atoms with E-state index >= 15 is 0 Å². The number of imidazole rings is 1. The van der Waals surface area contributed by atoms with Gasteiger partial charge in [-0.1, -0.05) is 13.8 Å². The predicted octanol–water partition coefficient (Wildman–Crippen LogP) is 3.84. The zero-order chi connectivity index (χ0) is 21.4. The molecule has 30 heavy (non-hydrogen) atoms. The summed E-state index contributed by atoms with van der Waals surface area (Å²) in [5.74, 6) is 2.78. The highest BCUT2D eigenvalue weighted by atomic mass is 16.5. The van der Waals surface area contributed by atoms with Gasteiger partial charge in [-0.15, -0.1) is 0 Å². The van der Waals surface area contributed by atoms with Crippen LogP contribution in [0.2, 0.25) is 0 Å². The summed E-state index contributed by atoms with van der Waals surface area (Å²) in [7, 11) is 3.33. The van der Waals surface area contributed by atoms with Crippen LogP contribution in [0.5, 0.6) is 17.4 Å². The lowest BCUT2D eigenvalue weighted by atomic mass is 10.1. The summed E-state index contributed by atoms with van der Waals surface area (Å²) in [6, 6.07) is 7.55. The van der Waals surface area contributed by atoms with Gasteiger partial charge in [-0.2, -0.15) is 5.10 Å². The van der Waals surface area contributed by atoms with E-state index in [9.17, 15) is 4.79 Å². The van der Waals surface area contributed by atoms with Crippen LogP contribution in [0.1, 0.15) is 32.5 Å². The fourth-order valence-electron chi connectivity index (χ4n) is 3.38. The van der Waals surface area contributed by atoms with Crippen molar-refractivity contribution in [2.75, 3.05) is 7.11 Å². The van der Waals surface area contributed by atoms with Gasteiger partial charge in [-0.3, -0.25) is 18.4 Å². The highest BCUT2D eigenvalue weighted by Crippen LogP contribution is 2.30. The molecule has 0 fully saturated rings. The highest BCUT2D eigenvalue weighted by molar-refractivity contribution is 5.66. The van der Waals surface area contributed by atoms with Crippen molar-refractivity contribution in [3.05, 3.63) is 59.0 Å². The van der Waals surface area contributed by atoms with Gasteiger partial charge in [0.2, 0.25) is 5.88 Å². The van der Waals surface area contributed by atoms with Crippen LogP contribution in [-0.4, -0.2) is 30.8 Å². The molecule has 0 radical (unpaired) electrons. The Hall–Kier alpha value is -3.55. The van der Waals surface area contributed by atoms with Crippen LogP contribution in [0.15, 0.2) is 47.7 Å². The predicted molar refractivity (Wildman–Crippen MR) is 114 cm³/mol. The normalized spacial score (nSPS) is 11.4. The fraction of sp³-hybridized carbons (Fsp3) is 0.318. The lowest BCUT2D eigenvalue weighted by molar-refractivity contribution is 0.415. The van der Waals surface area contributed by atoms with Gasteiger partial charge in [0.15, 0.2) is 5.75 Å². The lowest BCUT2D eigenvalue weighted by Crippen LogP contribution is -2.20. The lowest BCUT2D eigenvalue weighted by Gasteiger charge is -2.12. The van der Waals surface area contributed by atoms with Crippen LogP contribution in [0.25, 0.3) is 16.8 Å². The van der Waals surface area contributed by atoms with Gasteiger partial charge in [-0.05, 0) is 31.2 Å². The quantitative estimate of drug-likeness (QED) is 0.485. The number of nitrogens with zero attached hydrogens (tertiary/aromatic N) is 5. The number of fused-ring (bicyclic) bond motifs is 1. The second-order valence-corrected chi connectivity index (χ2v) is 7.39. The zero-order valence-electron chi connectivity index (χ0n) is 17.8. The molecule has 0 amide bonds. The van der Waals surface area contributed by atoms with Crippen molar-refractivity contribution in [2.24, 2.45) is 7.05 Å². The second-order valence-electron chi connectivity index (χ2n) is 7.39. The molecular weight excluding hydrogens is 382 g/mol. The van der Waals surface area contributed by atoms with Gasteiger partial charge in [0, 0.05) is 25.1 Å². The number of ether oxygens (including phenoxy) is 2. The zero-order valence-corrected chi connectivity index (χ0v) is 17.8. The summed E-state index contributed by atoms with van der Waals surface area (Å²) in [6.45, 7) is 6.87. The van der Waals surface area contributed by atoms with Crippen molar-refractivity contribution in [3.63, 3.8) is 0 Å². The van der Waals surface area contributed by atoms with Crippen LogP contribution < -0.4 is 15.0 Å². The summed E-state index contributed by atoms with van der Waals surface area (Å²) < 4.78 is 16.6. The molecule has 4 aromatic rings. The molecule has 8 heteroatoms. The molecule has 0 bridgehead atoms. The van der Waals surface area contributed by atoms with E-state index in [0.717, 1.165) is 29.4 Å². The molecule has 156 valence electrons. The Balaban J connectivity index is 1.68. The van der Waals surface area contributed by atoms with E-state index in [2.05, 4.69) is 10.1 Å². The minimum absolute atomic E-state index is 0.154. The average Bonchev–Trinajstić information content (AvgIpc) is 3.36. The van der Waals surface area contributed by atoms with E-state index in [4.69, 9.17) is 9.47 Å². The standard InChI is InChI=1S/C22H25N5O3/c1-6-26-12-18(29-5)20(24-26)15-7-9-16(10-8-15)30-19-13-27-17(22(28)25(19)4)11-23-21(27)14(2)3/h7-14H,6H2,1-5H3. The molecule has 0 aliphatic carbocycles. The Morgan fingerprint density at radius 1 is 1.13 bits per heavy atom. The molecule has 3 aromatic heterocycles. The molecule has 8 nitrogen and oxygen atoms in total. The van der Waals surface area contributed by atoms with Crippen LogP contribution in [0.3, 0.4) is 0 Å². The fourth-order valence-corrected chi connectivity index (χ4v) is 3.38. The summed E-state index contributed by atoms with van der Waals surface area (Å²) in [4.78, 5) is 17.1. The average molecular weight is 407 g/mol. The molecule has 4 rings (SSSR count). The molecule has 3 heterocycles. The summed E-state index contributed by atoms with van der Waals surface area (Å²) in [5, 5.41) is 4.56. The Bertz CT molecular complexity index is 1250. The maximum absolute atomic E-state index is 12.7. The third kappa shape index (κ3) is 3.34. The van der Waals surface area contributed by atoms with E-state index in [1.165, 1.54) is 4.57 Å². The Labute approximate surface area is 174 Å². The molecule has 0 spiro atoms. The minimum atomic E-state index is -0.154. The highest BCUT2D eigenvalue weighted by Gasteiger charge is 2.15. The topological polar surface area (TPSA) is 75.6 Å². The molecule has 0 N–H and O–H groups in total. The maximum Gasteiger partial charge on any atom is 0.279 e. The van der Waals surface area contributed by atoms with Crippen molar-refractivity contribution in [3.8, 4) is 28.6 Å². The third-order valence-corrected chi connectivity index (χ3v) is 5.06. The number of aromatic nitrogens is 5. The molecule has 0 aliphatic heterocycles. The maximum atomic E-state index is 12.7. The minimum Gasteiger partial charge on any atom is -0.493 e. The van der Waals surface area contributed by atoms with E-state index in [1.807, 2.05) is 55.9 Å². The first kappa shape index (κ1) is 19.8. The van der Waals surface area contributed by atoms with Crippen molar-refractivity contribution in [2.45, 2.75) is 33.2 Å². The summed E-state index contributed by atoms with van der Waals surface area (Å²) >= 11 is 0. The Morgan fingerprint density at radius 3 is 2.50 bits per heavy atom. The van der Waals surface area contributed by atoms with Crippen molar-refractivity contribution < 1.29 is 9.47 Å². The first-order valence-corrected chi connectivity index (χ1v) is 9.89. The number of aryl methyl sites for hydroxylation is 1. The molecule has 0 unspecified atom stereocenters. The monoisotopic (exact) mass is 407 g/mol.